The Labute approximate surface area is 137 Å². The Morgan fingerprint density at radius 2 is 1.33 bits per heavy atom. The van der Waals surface area contributed by atoms with Gasteiger partial charge in [-0.3, -0.25) is 0 Å². The van der Waals surface area contributed by atoms with Gasteiger partial charge >= 0.3 is 0 Å². The van der Waals surface area contributed by atoms with E-state index in [0.717, 1.165) is 17.8 Å². The van der Waals surface area contributed by atoms with Crippen molar-refractivity contribution in [3.8, 4) is 12.3 Å². The molecule has 0 aliphatic heterocycles. The minimum absolute atomic E-state index is 0.570. The van der Waals surface area contributed by atoms with Crippen LogP contribution in [-0.4, -0.2) is 0 Å². The summed E-state index contributed by atoms with van der Waals surface area (Å²) in [5.74, 6) is 6.24. The van der Waals surface area contributed by atoms with Gasteiger partial charge in [0.05, 0.1) is 0 Å². The Morgan fingerprint density at radius 3 is 1.86 bits per heavy atom. The maximum Gasteiger partial charge on any atom is 0.0200 e. The molecule has 0 heterocycles. The van der Waals surface area contributed by atoms with Crippen LogP contribution in [0.2, 0.25) is 0 Å². The van der Waals surface area contributed by atoms with Crippen LogP contribution in [0.5, 0.6) is 0 Å². The normalized spacial score (nSPS) is 33.3. The lowest BCUT2D eigenvalue weighted by molar-refractivity contribution is 0.173. The molecule has 2 aliphatic carbocycles. The molecule has 2 aliphatic rings. The third-order valence-corrected chi connectivity index (χ3v) is 6.32. The minimum atomic E-state index is 0.570. The Balaban J connectivity index is 1.51. The average molecular weight is 345 g/mol. The first-order valence-electron chi connectivity index (χ1n) is 8.48. The van der Waals surface area contributed by atoms with E-state index in [1.165, 1.54) is 61.4 Å². The maximum absolute atomic E-state index is 5.57. The van der Waals surface area contributed by atoms with E-state index in [2.05, 4.69) is 46.1 Å². The van der Waals surface area contributed by atoms with E-state index in [9.17, 15) is 0 Å². The molecule has 1 aromatic rings. The lowest BCUT2D eigenvalue weighted by Gasteiger charge is -2.37. The van der Waals surface area contributed by atoms with E-state index < -0.39 is 0 Å². The topological polar surface area (TPSA) is 0 Å². The standard InChI is InChI=1S/C20H25Br/c1-2-15-3-5-16(6-4-15)17-7-9-18(10-8-17)19-11-13-20(21)14-12-19/h1,11-18H,3-10H2. The number of hydrogen-bond acceptors (Lipinski definition) is 0. The molecule has 0 aromatic heterocycles. The highest BCUT2D eigenvalue weighted by Gasteiger charge is 2.30. The van der Waals surface area contributed by atoms with Gasteiger partial charge in [0.1, 0.15) is 0 Å². The van der Waals surface area contributed by atoms with Crippen LogP contribution in [0, 0.1) is 30.1 Å². The van der Waals surface area contributed by atoms with Crippen LogP contribution in [0.15, 0.2) is 28.7 Å². The van der Waals surface area contributed by atoms with E-state index in [-0.39, 0.29) is 0 Å². The van der Waals surface area contributed by atoms with E-state index in [1.54, 1.807) is 0 Å². The summed E-state index contributed by atoms with van der Waals surface area (Å²) in [6, 6.07) is 8.96. The van der Waals surface area contributed by atoms with Crippen LogP contribution in [-0.2, 0) is 0 Å². The maximum atomic E-state index is 5.57. The van der Waals surface area contributed by atoms with Crippen molar-refractivity contribution in [2.75, 3.05) is 0 Å². The summed E-state index contributed by atoms with van der Waals surface area (Å²) >= 11 is 3.53. The van der Waals surface area contributed by atoms with Crippen LogP contribution in [0.25, 0.3) is 0 Å². The first-order chi connectivity index (χ1) is 10.3. The molecule has 0 radical (unpaired) electrons. The number of rotatable bonds is 2. The van der Waals surface area contributed by atoms with E-state index in [4.69, 9.17) is 6.42 Å². The Morgan fingerprint density at radius 1 is 0.810 bits per heavy atom. The van der Waals surface area contributed by atoms with Crippen LogP contribution >= 0.6 is 15.9 Å². The largest absolute Gasteiger partial charge is 0.120 e. The fourth-order valence-electron chi connectivity index (χ4n) is 4.42. The second-order valence-corrected chi connectivity index (χ2v) is 7.86. The molecule has 0 N–H and O–H groups in total. The van der Waals surface area contributed by atoms with Gasteiger partial charge in [0.15, 0.2) is 0 Å². The molecular weight excluding hydrogens is 320 g/mol. The summed E-state index contributed by atoms with van der Waals surface area (Å²) in [6.45, 7) is 0. The second kappa shape index (κ2) is 7.01. The van der Waals surface area contributed by atoms with E-state index in [1.807, 2.05) is 0 Å². The van der Waals surface area contributed by atoms with Gasteiger partial charge in [-0.15, -0.1) is 12.3 Å². The van der Waals surface area contributed by atoms with Gasteiger partial charge in [0.25, 0.3) is 0 Å². The molecule has 0 spiro atoms. The van der Waals surface area contributed by atoms with Crippen LogP contribution in [0.1, 0.15) is 62.8 Å². The van der Waals surface area contributed by atoms with Gasteiger partial charge in [-0.1, -0.05) is 28.1 Å². The summed E-state index contributed by atoms with van der Waals surface area (Å²) < 4.78 is 1.19. The third kappa shape index (κ3) is 3.72. The van der Waals surface area contributed by atoms with Crippen LogP contribution in [0.3, 0.4) is 0 Å². The van der Waals surface area contributed by atoms with Crippen molar-refractivity contribution in [3.63, 3.8) is 0 Å². The molecule has 0 nitrogen and oxygen atoms in total. The number of hydrogen-bond donors (Lipinski definition) is 0. The summed E-state index contributed by atoms with van der Waals surface area (Å²) in [7, 11) is 0. The van der Waals surface area contributed by atoms with Gasteiger partial charge in [-0.2, -0.15) is 0 Å². The highest BCUT2D eigenvalue weighted by atomic mass is 79.9. The molecule has 0 amide bonds. The summed E-state index contributed by atoms with van der Waals surface area (Å²) in [5, 5.41) is 0. The highest BCUT2D eigenvalue weighted by Crippen LogP contribution is 2.43. The Kier molecular flexibility index (Phi) is 5.07. The highest BCUT2D eigenvalue weighted by molar-refractivity contribution is 9.10. The SMILES string of the molecule is C#CC1CCC(C2CCC(c3ccc(Br)cc3)CC2)CC1. The molecule has 1 aromatic carbocycles. The van der Waals surface area contributed by atoms with Gasteiger partial charge < -0.3 is 0 Å². The minimum Gasteiger partial charge on any atom is -0.120 e. The van der Waals surface area contributed by atoms with Gasteiger partial charge in [0, 0.05) is 10.4 Å². The lowest BCUT2D eigenvalue weighted by Crippen LogP contribution is -2.25. The first-order valence-corrected chi connectivity index (χ1v) is 9.27. The smallest absolute Gasteiger partial charge is 0.0200 e. The van der Waals surface area contributed by atoms with Crippen molar-refractivity contribution in [2.45, 2.75) is 57.3 Å². The van der Waals surface area contributed by atoms with Crippen molar-refractivity contribution in [3.05, 3.63) is 34.3 Å². The average Bonchev–Trinajstić information content (AvgIpc) is 2.56. The molecule has 3 rings (SSSR count). The number of terminal acetylenes is 1. The second-order valence-electron chi connectivity index (χ2n) is 6.94. The van der Waals surface area contributed by atoms with Gasteiger partial charge in [0.2, 0.25) is 0 Å². The van der Waals surface area contributed by atoms with Crippen LogP contribution in [0.4, 0.5) is 0 Å². The molecule has 0 bridgehead atoms. The monoisotopic (exact) mass is 344 g/mol. The number of halogens is 1. The molecule has 21 heavy (non-hydrogen) atoms. The molecule has 2 fully saturated rings. The van der Waals surface area contributed by atoms with Crippen molar-refractivity contribution in [2.24, 2.45) is 17.8 Å². The molecule has 0 saturated heterocycles. The Bertz CT molecular complexity index is 480. The van der Waals surface area contributed by atoms with Crippen LogP contribution < -0.4 is 0 Å². The molecular formula is C20H25Br. The summed E-state index contributed by atoms with van der Waals surface area (Å²) in [4.78, 5) is 0. The zero-order valence-corrected chi connectivity index (χ0v) is 14.3. The fraction of sp³-hybridized carbons (Fsp3) is 0.600. The molecule has 112 valence electrons. The van der Waals surface area contributed by atoms with Crippen molar-refractivity contribution in [1.82, 2.24) is 0 Å². The number of benzene rings is 1. The zero-order valence-electron chi connectivity index (χ0n) is 12.7. The lowest BCUT2D eigenvalue weighted by atomic mass is 9.68. The molecule has 0 atom stereocenters. The van der Waals surface area contributed by atoms with Crippen molar-refractivity contribution >= 4 is 15.9 Å². The first kappa shape index (κ1) is 15.2. The Hall–Kier alpha value is -0.740. The van der Waals surface area contributed by atoms with Crippen molar-refractivity contribution < 1.29 is 0 Å². The van der Waals surface area contributed by atoms with Gasteiger partial charge in [-0.05, 0) is 86.8 Å². The summed E-state index contributed by atoms with van der Waals surface area (Å²) in [5.41, 5.74) is 1.53. The third-order valence-electron chi connectivity index (χ3n) is 5.79. The fourth-order valence-corrected chi connectivity index (χ4v) is 4.68. The predicted octanol–water partition coefficient (Wildman–Crippen LogP) is 6.16. The molecule has 1 heteroatoms. The quantitative estimate of drug-likeness (QED) is 0.563. The summed E-state index contributed by atoms with van der Waals surface area (Å²) in [6.07, 6.45) is 16.5. The predicted molar refractivity (Wildman–Crippen MR) is 93.1 cm³/mol. The zero-order chi connectivity index (χ0) is 14.7. The van der Waals surface area contributed by atoms with Crippen molar-refractivity contribution in [1.29, 1.82) is 0 Å². The molecule has 0 unspecified atom stereocenters. The van der Waals surface area contributed by atoms with E-state index >= 15 is 0 Å². The van der Waals surface area contributed by atoms with Gasteiger partial charge in [-0.25, -0.2) is 0 Å². The molecule has 2 saturated carbocycles. The van der Waals surface area contributed by atoms with E-state index in [0.29, 0.717) is 5.92 Å².